The zero-order valence-corrected chi connectivity index (χ0v) is 9.37. The van der Waals surface area contributed by atoms with E-state index in [0.717, 1.165) is 16.9 Å². The zero-order valence-electron chi connectivity index (χ0n) is 9.37. The second-order valence-electron chi connectivity index (χ2n) is 3.50. The Labute approximate surface area is 90.7 Å². The minimum Gasteiger partial charge on any atom is -0.478 e. The van der Waals surface area contributed by atoms with Crippen molar-refractivity contribution in [1.82, 2.24) is 5.32 Å². The van der Waals surface area contributed by atoms with Gasteiger partial charge in [0.15, 0.2) is 6.61 Å². The van der Waals surface area contributed by atoms with Gasteiger partial charge in [-0.15, -0.1) is 0 Å². The molecule has 1 aromatic rings. The van der Waals surface area contributed by atoms with Crippen molar-refractivity contribution in [3.63, 3.8) is 0 Å². The molecule has 0 fully saturated rings. The molecule has 0 aromatic heterocycles. The molecule has 1 rings (SSSR count). The van der Waals surface area contributed by atoms with Crippen LogP contribution in [0.3, 0.4) is 0 Å². The minimum atomic E-state index is 0.0902. The van der Waals surface area contributed by atoms with Crippen LogP contribution in [0.4, 0.5) is 0 Å². The van der Waals surface area contributed by atoms with Gasteiger partial charge in [-0.2, -0.15) is 5.26 Å². The average Bonchev–Trinajstić information content (AvgIpc) is 2.25. The summed E-state index contributed by atoms with van der Waals surface area (Å²) in [5, 5.41) is 11.6. The summed E-state index contributed by atoms with van der Waals surface area (Å²) in [4.78, 5) is 0. The molecule has 0 bridgehead atoms. The first-order chi connectivity index (χ1) is 7.19. The van der Waals surface area contributed by atoms with E-state index in [9.17, 15) is 0 Å². The molecule has 0 heterocycles. The van der Waals surface area contributed by atoms with Gasteiger partial charge in [-0.1, -0.05) is 12.1 Å². The largest absolute Gasteiger partial charge is 0.478 e. The normalized spacial score (nSPS) is 11.9. The van der Waals surface area contributed by atoms with E-state index in [0.29, 0.717) is 0 Å². The Morgan fingerprint density at radius 2 is 2.27 bits per heavy atom. The topological polar surface area (TPSA) is 45.0 Å². The average molecular weight is 204 g/mol. The summed E-state index contributed by atoms with van der Waals surface area (Å²) < 4.78 is 5.39. The van der Waals surface area contributed by atoms with Crippen LogP contribution in [0.5, 0.6) is 5.75 Å². The molecule has 0 spiro atoms. The van der Waals surface area contributed by atoms with Gasteiger partial charge in [-0.25, -0.2) is 0 Å². The zero-order chi connectivity index (χ0) is 11.3. The Kier molecular flexibility index (Phi) is 4.14. The van der Waals surface area contributed by atoms with Crippen molar-refractivity contribution < 1.29 is 4.74 Å². The third-order valence-electron chi connectivity index (χ3n) is 2.36. The van der Waals surface area contributed by atoms with Crippen LogP contribution in [0.25, 0.3) is 0 Å². The summed E-state index contributed by atoms with van der Waals surface area (Å²) in [5.74, 6) is 0.790. The lowest BCUT2D eigenvalue weighted by atomic mass is 10.1. The van der Waals surface area contributed by atoms with E-state index in [1.807, 2.05) is 38.2 Å². The number of hydrogen-bond acceptors (Lipinski definition) is 3. The summed E-state index contributed by atoms with van der Waals surface area (Å²) in [7, 11) is 1.90. The van der Waals surface area contributed by atoms with Crippen LogP contribution in [0.15, 0.2) is 18.2 Å². The molecule has 0 amide bonds. The van der Waals surface area contributed by atoms with Gasteiger partial charge in [-0.05, 0) is 32.5 Å². The van der Waals surface area contributed by atoms with Crippen LogP contribution in [-0.2, 0) is 0 Å². The summed E-state index contributed by atoms with van der Waals surface area (Å²) in [6.45, 7) is 4.16. The Balaban J connectivity index is 2.98. The van der Waals surface area contributed by atoms with Crippen molar-refractivity contribution in [1.29, 1.82) is 5.26 Å². The van der Waals surface area contributed by atoms with E-state index < -0.39 is 0 Å². The quantitative estimate of drug-likeness (QED) is 0.817. The number of nitrogens with one attached hydrogen (secondary N) is 1. The Bertz CT molecular complexity index is 368. The molecular formula is C12H16N2O. The van der Waals surface area contributed by atoms with Crippen LogP contribution in [-0.4, -0.2) is 13.7 Å². The van der Waals surface area contributed by atoms with Crippen LogP contribution < -0.4 is 10.1 Å². The van der Waals surface area contributed by atoms with Crippen LogP contribution >= 0.6 is 0 Å². The number of hydrogen-bond donors (Lipinski definition) is 1. The lowest BCUT2D eigenvalue weighted by Crippen LogP contribution is -2.14. The molecule has 3 nitrogen and oxygen atoms in total. The molecule has 0 aliphatic rings. The summed E-state index contributed by atoms with van der Waals surface area (Å²) >= 11 is 0. The van der Waals surface area contributed by atoms with Crippen molar-refractivity contribution in [2.45, 2.75) is 19.9 Å². The van der Waals surface area contributed by atoms with E-state index in [2.05, 4.69) is 12.2 Å². The smallest absolute Gasteiger partial charge is 0.174 e. The highest BCUT2D eigenvalue weighted by Crippen LogP contribution is 2.25. The van der Waals surface area contributed by atoms with E-state index in [1.165, 1.54) is 0 Å². The summed E-state index contributed by atoms with van der Waals surface area (Å²) in [6.07, 6.45) is 0. The highest BCUT2D eigenvalue weighted by atomic mass is 16.5. The first kappa shape index (κ1) is 11.5. The van der Waals surface area contributed by atoms with E-state index in [1.54, 1.807) is 0 Å². The number of rotatable bonds is 4. The Morgan fingerprint density at radius 3 is 2.87 bits per heavy atom. The maximum Gasteiger partial charge on any atom is 0.174 e. The molecule has 0 saturated carbocycles. The molecular weight excluding hydrogens is 188 g/mol. The van der Waals surface area contributed by atoms with E-state index >= 15 is 0 Å². The third kappa shape index (κ3) is 2.97. The van der Waals surface area contributed by atoms with Crippen LogP contribution in [0.2, 0.25) is 0 Å². The number of nitriles is 1. The first-order valence-electron chi connectivity index (χ1n) is 4.96. The molecule has 0 radical (unpaired) electrons. The van der Waals surface area contributed by atoms with Crippen molar-refractivity contribution in [3.05, 3.63) is 29.3 Å². The highest BCUT2D eigenvalue weighted by molar-refractivity contribution is 5.39. The maximum atomic E-state index is 8.49. The fourth-order valence-corrected chi connectivity index (χ4v) is 1.39. The highest BCUT2D eigenvalue weighted by Gasteiger charge is 2.09. The lowest BCUT2D eigenvalue weighted by molar-refractivity contribution is 0.359. The predicted molar refractivity (Wildman–Crippen MR) is 59.8 cm³/mol. The molecule has 0 aliphatic carbocycles. The number of nitrogens with zero attached hydrogens (tertiary/aromatic N) is 1. The standard InChI is InChI=1S/C12H16N2O/c1-9-4-5-11(10(2)14-3)12(8-9)15-7-6-13/h4-5,8,10,14H,7H2,1-3H3. The molecule has 3 heteroatoms. The number of benzene rings is 1. The lowest BCUT2D eigenvalue weighted by Gasteiger charge is -2.15. The first-order valence-corrected chi connectivity index (χ1v) is 4.96. The minimum absolute atomic E-state index is 0.0902. The molecule has 0 saturated heterocycles. The Hall–Kier alpha value is -1.53. The van der Waals surface area contributed by atoms with Gasteiger partial charge in [0.25, 0.3) is 0 Å². The van der Waals surface area contributed by atoms with Gasteiger partial charge in [0.2, 0.25) is 0 Å². The molecule has 1 N–H and O–H groups in total. The third-order valence-corrected chi connectivity index (χ3v) is 2.36. The number of ether oxygens (including phenoxy) is 1. The molecule has 80 valence electrons. The molecule has 1 atom stereocenters. The van der Waals surface area contributed by atoms with Gasteiger partial charge in [-0.3, -0.25) is 0 Å². The van der Waals surface area contributed by atoms with E-state index in [4.69, 9.17) is 10.00 Å². The second-order valence-corrected chi connectivity index (χ2v) is 3.50. The van der Waals surface area contributed by atoms with Gasteiger partial charge in [0.1, 0.15) is 11.8 Å². The summed E-state index contributed by atoms with van der Waals surface area (Å²) in [6, 6.07) is 8.23. The van der Waals surface area contributed by atoms with Crippen molar-refractivity contribution in [2.24, 2.45) is 0 Å². The van der Waals surface area contributed by atoms with Crippen molar-refractivity contribution in [2.75, 3.05) is 13.7 Å². The molecule has 15 heavy (non-hydrogen) atoms. The van der Waals surface area contributed by atoms with Crippen molar-refractivity contribution in [3.8, 4) is 11.8 Å². The fraction of sp³-hybridized carbons (Fsp3) is 0.417. The fourth-order valence-electron chi connectivity index (χ4n) is 1.39. The maximum absolute atomic E-state index is 8.49. The SMILES string of the molecule is CNC(C)c1ccc(C)cc1OCC#N. The molecule has 1 unspecified atom stereocenters. The van der Waals surface area contributed by atoms with Gasteiger partial charge < -0.3 is 10.1 Å². The Morgan fingerprint density at radius 1 is 1.53 bits per heavy atom. The van der Waals surface area contributed by atoms with Crippen LogP contribution in [0, 0.1) is 18.3 Å². The van der Waals surface area contributed by atoms with Gasteiger partial charge >= 0.3 is 0 Å². The number of aryl methyl sites for hydroxylation is 1. The van der Waals surface area contributed by atoms with Gasteiger partial charge in [0.05, 0.1) is 0 Å². The molecule has 1 aromatic carbocycles. The van der Waals surface area contributed by atoms with Crippen LogP contribution in [0.1, 0.15) is 24.1 Å². The predicted octanol–water partition coefficient (Wildman–Crippen LogP) is 2.18. The van der Waals surface area contributed by atoms with E-state index in [-0.39, 0.29) is 12.6 Å². The molecule has 0 aliphatic heterocycles. The monoisotopic (exact) mass is 204 g/mol. The summed E-state index contributed by atoms with van der Waals surface area (Å²) in [5.41, 5.74) is 2.22. The van der Waals surface area contributed by atoms with Gasteiger partial charge in [0, 0.05) is 11.6 Å². The second kappa shape index (κ2) is 5.38. The van der Waals surface area contributed by atoms with Crippen molar-refractivity contribution >= 4 is 0 Å².